The third-order valence-corrected chi connectivity index (χ3v) is 8.06. The molecule has 0 fully saturated rings. The Morgan fingerprint density at radius 2 is 1.93 bits per heavy atom. The summed E-state index contributed by atoms with van der Waals surface area (Å²) in [6.07, 6.45) is 7.61. The number of benzene rings is 1. The molecule has 2 rings (SSSR count). The van der Waals surface area contributed by atoms with Crippen molar-refractivity contribution in [2.45, 2.75) is 45.1 Å². The van der Waals surface area contributed by atoms with E-state index in [-0.39, 0.29) is 6.04 Å². The van der Waals surface area contributed by atoms with Gasteiger partial charge >= 0.3 is 0 Å². The van der Waals surface area contributed by atoms with Gasteiger partial charge in [0.2, 0.25) is 0 Å². The Morgan fingerprint density at radius 1 is 1.28 bits per heavy atom. The molecule has 2 unspecified atom stereocenters. The molecule has 0 bridgehead atoms. The molecule has 0 saturated carbocycles. The lowest BCUT2D eigenvalue weighted by atomic mass is 9.92. The number of phenols is 1. The largest absolute Gasteiger partial charge is 0.506 e. The molecule has 160 valence electrons. The standard InChI is InChI=1S/C21H26I4N2O2/c1-3-4-5-6-27-12(2)19(26)9-13-7-17(24)21(18(25)8-13)29-14-10-15(22)20(28)16(23)11-14/h7,10-11,13,19,27-28H,2-6,8-9,26H2,1H3. The fraction of sp³-hybridized carbons (Fsp3) is 0.429. The second kappa shape index (κ2) is 12.7. The van der Waals surface area contributed by atoms with Crippen molar-refractivity contribution in [3.05, 3.63) is 50.5 Å². The maximum Gasteiger partial charge on any atom is 0.149 e. The summed E-state index contributed by atoms with van der Waals surface area (Å²) < 4.78 is 10.0. The molecule has 1 aromatic rings. The molecule has 2 atom stereocenters. The number of unbranched alkanes of at least 4 members (excludes halogenated alkanes) is 2. The second-order valence-electron chi connectivity index (χ2n) is 7.05. The Balaban J connectivity index is 1.98. The van der Waals surface area contributed by atoms with Gasteiger partial charge in [0.1, 0.15) is 17.3 Å². The van der Waals surface area contributed by atoms with E-state index < -0.39 is 0 Å². The molecule has 0 aliphatic heterocycles. The molecule has 1 aliphatic rings. The molecular formula is C21H26I4N2O2. The zero-order valence-electron chi connectivity index (χ0n) is 16.3. The number of rotatable bonds is 10. The van der Waals surface area contributed by atoms with E-state index in [0.29, 0.717) is 11.7 Å². The molecular weight excluding hydrogens is 820 g/mol. The van der Waals surface area contributed by atoms with Crippen LogP contribution in [0.2, 0.25) is 0 Å². The highest BCUT2D eigenvalue weighted by atomic mass is 127. The Morgan fingerprint density at radius 3 is 2.52 bits per heavy atom. The van der Waals surface area contributed by atoms with Crippen LogP contribution >= 0.6 is 90.4 Å². The van der Waals surface area contributed by atoms with Gasteiger partial charge in [-0.2, -0.15) is 0 Å². The summed E-state index contributed by atoms with van der Waals surface area (Å²) >= 11 is 8.95. The average molecular weight is 846 g/mol. The van der Waals surface area contributed by atoms with E-state index in [9.17, 15) is 5.11 Å². The van der Waals surface area contributed by atoms with E-state index in [1.54, 1.807) is 0 Å². The highest BCUT2D eigenvalue weighted by molar-refractivity contribution is 14.1. The molecule has 4 nitrogen and oxygen atoms in total. The van der Waals surface area contributed by atoms with Gasteiger partial charge < -0.3 is 20.9 Å². The normalized spacial score (nSPS) is 17.7. The second-order valence-corrected chi connectivity index (χ2v) is 11.8. The molecule has 0 spiro atoms. The van der Waals surface area contributed by atoms with Crippen molar-refractivity contribution >= 4 is 90.4 Å². The van der Waals surface area contributed by atoms with Crippen LogP contribution in [0.15, 0.2) is 43.4 Å². The van der Waals surface area contributed by atoms with Gasteiger partial charge in [-0.25, -0.2) is 0 Å². The maximum absolute atomic E-state index is 9.96. The Kier molecular flexibility index (Phi) is 11.4. The molecule has 0 aromatic heterocycles. The van der Waals surface area contributed by atoms with E-state index in [2.05, 4.69) is 115 Å². The minimum absolute atomic E-state index is 0.0611. The number of hydrogen-bond acceptors (Lipinski definition) is 4. The lowest BCUT2D eigenvalue weighted by Gasteiger charge is -2.25. The highest BCUT2D eigenvalue weighted by Gasteiger charge is 2.24. The molecule has 4 N–H and O–H groups in total. The van der Waals surface area contributed by atoms with Crippen molar-refractivity contribution in [1.82, 2.24) is 5.32 Å². The lowest BCUT2D eigenvalue weighted by Crippen LogP contribution is -2.33. The minimum Gasteiger partial charge on any atom is -0.506 e. The van der Waals surface area contributed by atoms with Gasteiger partial charge in [-0.3, -0.25) is 0 Å². The van der Waals surface area contributed by atoms with E-state index in [4.69, 9.17) is 10.5 Å². The fourth-order valence-corrected chi connectivity index (χ4v) is 7.13. The predicted molar refractivity (Wildman–Crippen MR) is 155 cm³/mol. The third-order valence-electron chi connectivity index (χ3n) is 4.63. The van der Waals surface area contributed by atoms with Crippen LogP contribution in [-0.2, 0) is 0 Å². The van der Waals surface area contributed by atoms with Crippen molar-refractivity contribution < 1.29 is 9.84 Å². The van der Waals surface area contributed by atoms with Gasteiger partial charge in [0.15, 0.2) is 0 Å². The summed E-state index contributed by atoms with van der Waals surface area (Å²) in [5, 5.41) is 13.3. The maximum atomic E-state index is 9.96. The van der Waals surface area contributed by atoms with E-state index in [1.165, 1.54) is 16.4 Å². The Hall–Kier alpha value is 0.720. The molecule has 0 heterocycles. The van der Waals surface area contributed by atoms with Crippen LogP contribution in [0.4, 0.5) is 0 Å². The SMILES string of the molecule is C=C(NCCCCC)C(N)CC1C=C(I)C(Oc2cc(I)c(O)c(I)c2)=C(I)C1. The summed E-state index contributed by atoms with van der Waals surface area (Å²) in [4.78, 5) is 0. The first-order valence-electron chi connectivity index (χ1n) is 9.53. The highest BCUT2D eigenvalue weighted by Crippen LogP contribution is 2.40. The molecule has 0 radical (unpaired) electrons. The summed E-state index contributed by atoms with van der Waals surface area (Å²) in [6, 6.07) is 3.65. The molecule has 1 aliphatic carbocycles. The summed E-state index contributed by atoms with van der Waals surface area (Å²) in [6.45, 7) is 7.28. The molecule has 0 saturated heterocycles. The van der Waals surface area contributed by atoms with Gasteiger partial charge in [0.25, 0.3) is 0 Å². The van der Waals surface area contributed by atoms with Crippen molar-refractivity contribution in [3.63, 3.8) is 0 Å². The fourth-order valence-electron chi connectivity index (χ4n) is 2.99. The minimum atomic E-state index is -0.0611. The molecule has 29 heavy (non-hydrogen) atoms. The molecule has 1 aromatic carbocycles. The number of allylic oxidation sites excluding steroid dienone is 3. The topological polar surface area (TPSA) is 67.5 Å². The zero-order valence-corrected chi connectivity index (χ0v) is 24.9. The number of halogens is 4. The number of nitrogens with one attached hydrogen (secondary N) is 1. The van der Waals surface area contributed by atoms with Crippen molar-refractivity contribution in [2.24, 2.45) is 11.7 Å². The smallest absolute Gasteiger partial charge is 0.149 e. The number of hydrogen-bond donors (Lipinski definition) is 3. The monoisotopic (exact) mass is 846 g/mol. The van der Waals surface area contributed by atoms with Crippen LogP contribution in [0.25, 0.3) is 0 Å². The molecule has 8 heteroatoms. The number of phenolic OH excluding ortho intramolecular Hbond substituents is 1. The summed E-state index contributed by atoms with van der Waals surface area (Å²) in [5.41, 5.74) is 7.32. The van der Waals surface area contributed by atoms with Crippen molar-refractivity contribution in [1.29, 1.82) is 0 Å². The first kappa shape index (κ1) is 26.0. The van der Waals surface area contributed by atoms with E-state index in [1.807, 2.05) is 12.1 Å². The van der Waals surface area contributed by atoms with Gasteiger partial charge in [-0.15, -0.1) is 0 Å². The number of aromatic hydroxyl groups is 1. The van der Waals surface area contributed by atoms with Crippen LogP contribution in [0.5, 0.6) is 11.5 Å². The lowest BCUT2D eigenvalue weighted by molar-refractivity contribution is 0.420. The van der Waals surface area contributed by atoms with Gasteiger partial charge in [-0.05, 0) is 128 Å². The van der Waals surface area contributed by atoms with Crippen LogP contribution in [0.1, 0.15) is 39.0 Å². The van der Waals surface area contributed by atoms with Crippen LogP contribution in [0, 0.1) is 13.1 Å². The van der Waals surface area contributed by atoms with E-state index >= 15 is 0 Å². The average Bonchev–Trinajstić information content (AvgIpc) is 2.66. The van der Waals surface area contributed by atoms with Gasteiger partial charge in [0.05, 0.1) is 10.7 Å². The summed E-state index contributed by atoms with van der Waals surface area (Å²) in [5.74, 6) is 2.30. The third kappa shape index (κ3) is 7.97. The van der Waals surface area contributed by atoms with Crippen molar-refractivity contribution in [2.75, 3.05) is 6.54 Å². The first-order valence-corrected chi connectivity index (χ1v) is 13.8. The number of ether oxygens (including phenoxy) is 1. The number of nitrogens with two attached hydrogens (primary N) is 1. The quantitative estimate of drug-likeness (QED) is 0.176. The Labute approximate surface area is 228 Å². The Bertz CT molecular complexity index is 785. The van der Waals surface area contributed by atoms with E-state index in [0.717, 1.165) is 53.7 Å². The van der Waals surface area contributed by atoms with Crippen molar-refractivity contribution in [3.8, 4) is 11.5 Å². The molecule has 0 amide bonds. The van der Waals surface area contributed by atoms with Crippen LogP contribution in [0.3, 0.4) is 0 Å². The zero-order chi connectivity index (χ0) is 21.6. The van der Waals surface area contributed by atoms with Crippen LogP contribution in [-0.4, -0.2) is 17.7 Å². The summed E-state index contributed by atoms with van der Waals surface area (Å²) in [7, 11) is 0. The van der Waals surface area contributed by atoms with Crippen LogP contribution < -0.4 is 15.8 Å². The van der Waals surface area contributed by atoms with Gasteiger partial charge in [-0.1, -0.05) is 32.4 Å². The predicted octanol–water partition coefficient (Wildman–Crippen LogP) is 6.98. The van der Waals surface area contributed by atoms with Gasteiger partial charge in [0, 0.05) is 21.9 Å². The first-order chi connectivity index (χ1) is 13.7.